The first-order chi connectivity index (χ1) is 15.0. The summed E-state index contributed by atoms with van der Waals surface area (Å²) >= 11 is 0. The van der Waals surface area contributed by atoms with Crippen molar-refractivity contribution in [3.05, 3.63) is 107 Å². The molecule has 2 amide bonds. The van der Waals surface area contributed by atoms with Gasteiger partial charge in [0, 0.05) is 11.3 Å². The molecule has 0 radical (unpaired) electrons. The standard InChI is InChI=1S/C26H22N2O3/c1-17-7-2-5-12-23(17)28-26(30)22-14-19-9-3-4-10-20(19)15-24(22)31-16-18-8-6-11-21(13-18)25(27)29/h2-15H,16H2,1H3,(H2,27,29)(H,28,30). The molecule has 0 aliphatic heterocycles. The van der Waals surface area contributed by atoms with Gasteiger partial charge in [-0.1, -0.05) is 54.6 Å². The Hall–Kier alpha value is -4.12. The quantitative estimate of drug-likeness (QED) is 0.465. The largest absolute Gasteiger partial charge is 0.488 e. The summed E-state index contributed by atoms with van der Waals surface area (Å²) in [6.07, 6.45) is 0. The minimum atomic E-state index is -0.495. The van der Waals surface area contributed by atoms with Gasteiger partial charge >= 0.3 is 0 Å². The molecule has 0 spiro atoms. The summed E-state index contributed by atoms with van der Waals surface area (Å²) in [5.74, 6) is -0.277. The second kappa shape index (κ2) is 8.71. The number of amides is 2. The van der Waals surface area contributed by atoms with Crippen molar-refractivity contribution in [2.75, 3.05) is 5.32 Å². The van der Waals surface area contributed by atoms with E-state index < -0.39 is 5.91 Å². The molecule has 0 saturated heterocycles. The Morgan fingerprint density at radius 3 is 2.32 bits per heavy atom. The first kappa shape index (κ1) is 20.2. The molecule has 5 nitrogen and oxygen atoms in total. The number of carbonyl (C=O) groups is 2. The second-order valence-electron chi connectivity index (χ2n) is 7.32. The van der Waals surface area contributed by atoms with E-state index in [0.29, 0.717) is 16.9 Å². The zero-order valence-electron chi connectivity index (χ0n) is 17.1. The Bertz CT molecular complexity index is 1280. The first-order valence-corrected chi connectivity index (χ1v) is 9.92. The molecule has 154 valence electrons. The smallest absolute Gasteiger partial charge is 0.259 e. The van der Waals surface area contributed by atoms with E-state index in [1.807, 2.05) is 73.7 Å². The molecular weight excluding hydrogens is 388 g/mol. The number of hydrogen-bond acceptors (Lipinski definition) is 3. The lowest BCUT2D eigenvalue weighted by atomic mass is 10.0. The molecule has 0 aliphatic rings. The average molecular weight is 410 g/mol. The van der Waals surface area contributed by atoms with Crippen LogP contribution in [0.15, 0.2) is 84.9 Å². The summed E-state index contributed by atoms with van der Waals surface area (Å²) in [5.41, 5.74) is 8.73. The highest BCUT2D eigenvalue weighted by molar-refractivity contribution is 6.09. The number of nitrogens with two attached hydrogens (primary N) is 1. The van der Waals surface area contributed by atoms with Crippen LogP contribution in [-0.2, 0) is 6.61 Å². The van der Waals surface area contributed by atoms with E-state index >= 15 is 0 Å². The lowest BCUT2D eigenvalue weighted by Crippen LogP contribution is -2.15. The number of aryl methyl sites for hydroxylation is 1. The highest BCUT2D eigenvalue weighted by atomic mass is 16.5. The zero-order chi connectivity index (χ0) is 21.8. The van der Waals surface area contributed by atoms with Gasteiger partial charge in [0.25, 0.3) is 5.91 Å². The predicted molar refractivity (Wildman–Crippen MR) is 122 cm³/mol. The molecule has 4 rings (SSSR count). The summed E-state index contributed by atoms with van der Waals surface area (Å²) in [6, 6.07) is 26.1. The van der Waals surface area contributed by atoms with E-state index in [1.54, 1.807) is 18.2 Å². The average Bonchev–Trinajstić information content (AvgIpc) is 2.78. The second-order valence-corrected chi connectivity index (χ2v) is 7.32. The van der Waals surface area contributed by atoms with Crippen molar-refractivity contribution in [2.45, 2.75) is 13.5 Å². The van der Waals surface area contributed by atoms with Gasteiger partial charge in [-0.25, -0.2) is 0 Å². The van der Waals surface area contributed by atoms with Crippen LogP contribution in [0.3, 0.4) is 0 Å². The Kier molecular flexibility index (Phi) is 5.67. The number of carbonyl (C=O) groups excluding carboxylic acids is 2. The number of rotatable bonds is 6. The van der Waals surface area contributed by atoms with Crippen molar-refractivity contribution in [1.82, 2.24) is 0 Å². The lowest BCUT2D eigenvalue weighted by Gasteiger charge is -2.14. The zero-order valence-corrected chi connectivity index (χ0v) is 17.1. The normalized spacial score (nSPS) is 10.6. The number of nitrogens with one attached hydrogen (secondary N) is 1. The van der Waals surface area contributed by atoms with Crippen LogP contribution in [0.5, 0.6) is 5.75 Å². The van der Waals surface area contributed by atoms with Gasteiger partial charge in [0.05, 0.1) is 5.56 Å². The van der Waals surface area contributed by atoms with Crippen LogP contribution in [0.2, 0.25) is 0 Å². The van der Waals surface area contributed by atoms with Crippen molar-refractivity contribution in [1.29, 1.82) is 0 Å². The van der Waals surface area contributed by atoms with Gasteiger partial charge in [-0.15, -0.1) is 0 Å². The molecule has 4 aromatic rings. The number of hydrogen-bond donors (Lipinski definition) is 2. The van der Waals surface area contributed by atoms with Gasteiger partial charge in [-0.05, 0) is 59.2 Å². The number of ether oxygens (including phenoxy) is 1. The number of primary amides is 1. The van der Waals surface area contributed by atoms with Crippen LogP contribution in [0.4, 0.5) is 5.69 Å². The maximum atomic E-state index is 13.1. The van der Waals surface area contributed by atoms with E-state index in [0.717, 1.165) is 27.6 Å². The van der Waals surface area contributed by atoms with E-state index in [9.17, 15) is 9.59 Å². The molecule has 0 heterocycles. The highest BCUT2D eigenvalue weighted by Gasteiger charge is 2.16. The Morgan fingerprint density at radius 1 is 0.871 bits per heavy atom. The maximum absolute atomic E-state index is 13.1. The van der Waals surface area contributed by atoms with Crippen LogP contribution >= 0.6 is 0 Å². The number of anilines is 1. The molecule has 31 heavy (non-hydrogen) atoms. The lowest BCUT2D eigenvalue weighted by molar-refractivity contribution is 0.0997. The molecule has 3 N–H and O–H groups in total. The van der Waals surface area contributed by atoms with E-state index in [2.05, 4.69) is 5.32 Å². The van der Waals surface area contributed by atoms with Crippen molar-refractivity contribution in [3.8, 4) is 5.75 Å². The number of fused-ring (bicyclic) bond motifs is 1. The highest BCUT2D eigenvalue weighted by Crippen LogP contribution is 2.28. The molecule has 0 fully saturated rings. The van der Waals surface area contributed by atoms with Gasteiger partial charge in [0.2, 0.25) is 5.91 Å². The molecule has 0 atom stereocenters. The minimum Gasteiger partial charge on any atom is -0.488 e. The van der Waals surface area contributed by atoms with Crippen molar-refractivity contribution in [3.63, 3.8) is 0 Å². The fourth-order valence-corrected chi connectivity index (χ4v) is 3.39. The SMILES string of the molecule is Cc1ccccc1NC(=O)c1cc2ccccc2cc1OCc1cccc(C(N)=O)c1. The van der Waals surface area contributed by atoms with Gasteiger partial charge < -0.3 is 15.8 Å². The van der Waals surface area contributed by atoms with Crippen LogP contribution in [0.25, 0.3) is 10.8 Å². The Balaban J connectivity index is 1.66. The minimum absolute atomic E-state index is 0.199. The molecule has 0 saturated carbocycles. The summed E-state index contributed by atoms with van der Waals surface area (Å²) in [6.45, 7) is 2.14. The van der Waals surface area contributed by atoms with E-state index in [-0.39, 0.29) is 12.5 Å². The third-order valence-electron chi connectivity index (χ3n) is 5.09. The van der Waals surface area contributed by atoms with Crippen molar-refractivity contribution >= 4 is 28.3 Å². The molecule has 5 heteroatoms. The fourth-order valence-electron chi connectivity index (χ4n) is 3.39. The third-order valence-corrected chi connectivity index (χ3v) is 5.09. The fraction of sp³-hybridized carbons (Fsp3) is 0.0769. The van der Waals surface area contributed by atoms with E-state index in [1.165, 1.54) is 0 Å². The summed E-state index contributed by atoms with van der Waals surface area (Å²) in [7, 11) is 0. The third kappa shape index (κ3) is 4.56. The van der Waals surface area contributed by atoms with Crippen molar-refractivity contribution < 1.29 is 14.3 Å². The Morgan fingerprint density at radius 2 is 1.58 bits per heavy atom. The van der Waals surface area contributed by atoms with Crippen LogP contribution in [0.1, 0.15) is 31.8 Å². The summed E-state index contributed by atoms with van der Waals surface area (Å²) < 4.78 is 6.04. The van der Waals surface area contributed by atoms with Crippen LogP contribution < -0.4 is 15.8 Å². The van der Waals surface area contributed by atoms with E-state index in [4.69, 9.17) is 10.5 Å². The summed E-state index contributed by atoms with van der Waals surface area (Å²) in [5, 5.41) is 4.89. The molecule has 0 aromatic heterocycles. The monoisotopic (exact) mass is 410 g/mol. The number of para-hydroxylation sites is 1. The van der Waals surface area contributed by atoms with Crippen LogP contribution in [0, 0.1) is 6.92 Å². The van der Waals surface area contributed by atoms with Gasteiger partial charge in [-0.3, -0.25) is 9.59 Å². The predicted octanol–water partition coefficient (Wildman–Crippen LogP) is 5.08. The van der Waals surface area contributed by atoms with Crippen LogP contribution in [-0.4, -0.2) is 11.8 Å². The molecule has 0 unspecified atom stereocenters. The maximum Gasteiger partial charge on any atom is 0.259 e. The Labute approximate surface area is 180 Å². The first-order valence-electron chi connectivity index (χ1n) is 9.92. The molecule has 4 aromatic carbocycles. The molecule has 0 aliphatic carbocycles. The van der Waals surface area contributed by atoms with Gasteiger partial charge in [0.1, 0.15) is 12.4 Å². The molecule has 0 bridgehead atoms. The topological polar surface area (TPSA) is 81.4 Å². The van der Waals surface area contributed by atoms with Gasteiger partial charge in [-0.2, -0.15) is 0 Å². The van der Waals surface area contributed by atoms with Crippen molar-refractivity contribution in [2.24, 2.45) is 5.73 Å². The number of benzene rings is 4. The van der Waals surface area contributed by atoms with Gasteiger partial charge in [0.15, 0.2) is 0 Å². The molecular formula is C26H22N2O3. The summed E-state index contributed by atoms with van der Waals surface area (Å²) in [4.78, 5) is 24.6.